The van der Waals surface area contributed by atoms with Crippen LogP contribution in [0.3, 0.4) is 0 Å². The van der Waals surface area contributed by atoms with Crippen molar-refractivity contribution >= 4 is 34.7 Å². The molecule has 2 aromatic rings. The van der Waals surface area contributed by atoms with E-state index in [4.69, 9.17) is 19.4 Å². The number of fused-ring (bicyclic) bond motifs is 2. The Bertz CT molecular complexity index is 1010. The van der Waals surface area contributed by atoms with E-state index in [1.165, 1.54) is 0 Å². The normalized spacial score (nSPS) is 27.2. The molecule has 10 nitrogen and oxygen atoms in total. The Balaban J connectivity index is 1.74. The molecule has 2 fully saturated rings. The number of hydrogen-bond donors (Lipinski definition) is 2. The van der Waals surface area contributed by atoms with E-state index in [0.29, 0.717) is 34.5 Å². The third kappa shape index (κ3) is 4.95. The highest BCUT2D eigenvalue weighted by atomic mass is 32.2. The number of carboxylic acids is 1. The number of anilines is 1. The molecule has 2 aromatic heterocycles. The molecule has 1 saturated heterocycles. The highest BCUT2D eigenvalue weighted by Gasteiger charge is 2.57. The van der Waals surface area contributed by atoms with E-state index in [1.54, 1.807) is 30.3 Å². The van der Waals surface area contributed by atoms with E-state index in [0.717, 1.165) is 18.6 Å². The lowest BCUT2D eigenvalue weighted by Crippen LogP contribution is -2.30. The predicted molar refractivity (Wildman–Crippen MR) is 125 cm³/mol. The summed E-state index contributed by atoms with van der Waals surface area (Å²) >= 11 is 1.59. The van der Waals surface area contributed by atoms with Gasteiger partial charge >= 0.3 is 5.97 Å². The first-order valence-electron chi connectivity index (χ1n) is 11.7. The molecule has 1 unspecified atom stereocenters. The number of nitrogens with zero attached hydrogens (tertiary/aromatic N) is 5. The van der Waals surface area contributed by atoms with Crippen LogP contribution in [0.4, 0.5) is 5.82 Å². The molecular formula is C22H34N6O4S. The summed E-state index contributed by atoms with van der Waals surface area (Å²) in [6, 6.07) is -0.139. The molecule has 11 heteroatoms. The van der Waals surface area contributed by atoms with Gasteiger partial charge in [0.25, 0.3) is 0 Å². The summed E-state index contributed by atoms with van der Waals surface area (Å²) in [6.07, 6.45) is 1.35. The number of aromatic nitrogens is 5. The van der Waals surface area contributed by atoms with Crippen molar-refractivity contribution in [3.05, 3.63) is 0 Å². The number of thioether (sulfide) groups is 1. The first-order chi connectivity index (χ1) is 15.6. The molecule has 1 aliphatic carbocycles. The molecule has 182 valence electrons. The van der Waals surface area contributed by atoms with Crippen molar-refractivity contribution in [2.24, 2.45) is 11.8 Å². The molecule has 2 N–H and O–H groups in total. The maximum absolute atomic E-state index is 11.9. The average molecular weight is 479 g/mol. The van der Waals surface area contributed by atoms with Crippen LogP contribution in [-0.2, 0) is 14.3 Å². The van der Waals surface area contributed by atoms with Crippen molar-refractivity contribution in [1.82, 2.24) is 25.0 Å². The molecule has 33 heavy (non-hydrogen) atoms. The number of aliphatic carboxylic acids is 1. The Labute approximate surface area is 198 Å². The number of ether oxygens (including phenoxy) is 2. The predicted octanol–water partition coefficient (Wildman–Crippen LogP) is 3.74. The summed E-state index contributed by atoms with van der Waals surface area (Å²) in [5.74, 6) is -0.327. The van der Waals surface area contributed by atoms with E-state index in [2.05, 4.69) is 43.3 Å². The molecule has 1 saturated carbocycles. The van der Waals surface area contributed by atoms with Gasteiger partial charge in [-0.3, -0.25) is 4.79 Å². The lowest BCUT2D eigenvalue weighted by molar-refractivity contribution is -0.168. The third-order valence-corrected chi connectivity index (χ3v) is 7.07. The fourth-order valence-corrected chi connectivity index (χ4v) is 5.52. The second-order valence-electron chi connectivity index (χ2n) is 9.90. The van der Waals surface area contributed by atoms with E-state index in [9.17, 15) is 9.90 Å². The molecule has 4 rings (SSSR count). The van der Waals surface area contributed by atoms with Gasteiger partial charge in [0, 0.05) is 11.8 Å². The highest BCUT2D eigenvalue weighted by molar-refractivity contribution is 7.99. The topological polar surface area (TPSA) is 124 Å². The SMILES string of the molecule is CCCSc1nc(NC(C)CC(C)C)c2nnn([C@@H]3C[C@H](C(=O)O)[C@H]4OC(C)(C)O[C@H]43)c2n1. The number of carboxylic acid groups (broad SMARTS) is 1. The maximum atomic E-state index is 11.9. The first kappa shape index (κ1) is 24.2. The van der Waals surface area contributed by atoms with Crippen LogP contribution < -0.4 is 5.32 Å². The monoisotopic (exact) mass is 478 g/mol. The van der Waals surface area contributed by atoms with Gasteiger partial charge in [0.05, 0.1) is 12.0 Å². The molecule has 0 spiro atoms. The van der Waals surface area contributed by atoms with Gasteiger partial charge in [-0.2, -0.15) is 0 Å². The average Bonchev–Trinajstić information content (AvgIpc) is 3.36. The number of carbonyl (C=O) groups is 1. The minimum atomic E-state index is -0.892. The Morgan fingerprint density at radius 1 is 1.27 bits per heavy atom. The highest BCUT2D eigenvalue weighted by Crippen LogP contribution is 2.47. The second kappa shape index (κ2) is 9.34. The number of rotatable bonds is 9. The van der Waals surface area contributed by atoms with Crippen LogP contribution in [0.5, 0.6) is 0 Å². The zero-order chi connectivity index (χ0) is 23.9. The fourth-order valence-electron chi connectivity index (χ4n) is 4.83. The first-order valence-corrected chi connectivity index (χ1v) is 12.7. The van der Waals surface area contributed by atoms with Crippen LogP contribution in [0.2, 0.25) is 0 Å². The summed E-state index contributed by atoms with van der Waals surface area (Å²) < 4.78 is 13.8. The Hall–Kier alpha value is -1.98. The van der Waals surface area contributed by atoms with Crippen molar-refractivity contribution < 1.29 is 19.4 Å². The second-order valence-corrected chi connectivity index (χ2v) is 11.0. The van der Waals surface area contributed by atoms with E-state index in [1.807, 2.05) is 0 Å². The molecule has 1 aliphatic heterocycles. The lowest BCUT2D eigenvalue weighted by Gasteiger charge is -2.22. The van der Waals surface area contributed by atoms with Crippen molar-refractivity contribution in [3.8, 4) is 0 Å². The largest absolute Gasteiger partial charge is 0.481 e. The van der Waals surface area contributed by atoms with Crippen molar-refractivity contribution in [3.63, 3.8) is 0 Å². The fraction of sp³-hybridized carbons (Fsp3) is 0.773. The van der Waals surface area contributed by atoms with E-state index in [-0.39, 0.29) is 12.1 Å². The lowest BCUT2D eigenvalue weighted by atomic mass is 10.1. The van der Waals surface area contributed by atoms with Gasteiger partial charge in [-0.15, -0.1) is 5.10 Å². The Kier molecular flexibility index (Phi) is 6.84. The molecule has 2 aliphatic rings. The molecule has 0 bridgehead atoms. The zero-order valence-corrected chi connectivity index (χ0v) is 20.9. The van der Waals surface area contributed by atoms with Crippen LogP contribution in [-0.4, -0.2) is 65.8 Å². The Morgan fingerprint density at radius 3 is 2.67 bits per heavy atom. The summed E-state index contributed by atoms with van der Waals surface area (Å²) in [6.45, 7) is 12.2. The molecule has 0 amide bonds. The molecule has 5 atom stereocenters. The third-order valence-electron chi connectivity index (χ3n) is 6.01. The van der Waals surface area contributed by atoms with Crippen LogP contribution in [0.15, 0.2) is 5.16 Å². The van der Waals surface area contributed by atoms with Gasteiger partial charge in [0.1, 0.15) is 12.2 Å². The van der Waals surface area contributed by atoms with Gasteiger partial charge in [-0.1, -0.05) is 37.7 Å². The standard InChI is InChI=1S/C22H34N6O4S/c1-7-8-33-21-24-18(23-12(4)9-11(2)3)15-19(25-21)28(27-26-15)14-10-13(20(29)30)16-17(14)32-22(5,6)31-16/h11-14,16-17H,7-10H2,1-6H3,(H,29,30)(H,23,24,25)/t12?,13-,14+,16+,17-/m0/s1. The quantitative estimate of drug-likeness (QED) is 0.407. The summed E-state index contributed by atoms with van der Waals surface area (Å²) in [7, 11) is 0. The van der Waals surface area contributed by atoms with Crippen molar-refractivity contribution in [2.45, 2.75) is 96.0 Å². The van der Waals surface area contributed by atoms with Crippen molar-refractivity contribution in [1.29, 1.82) is 0 Å². The molecule has 0 radical (unpaired) electrons. The van der Waals surface area contributed by atoms with Gasteiger partial charge in [-0.05, 0) is 46.0 Å². The van der Waals surface area contributed by atoms with Crippen LogP contribution >= 0.6 is 11.8 Å². The van der Waals surface area contributed by atoms with Gasteiger partial charge in [0.15, 0.2) is 27.9 Å². The maximum Gasteiger partial charge on any atom is 0.309 e. The number of hydrogen-bond acceptors (Lipinski definition) is 9. The number of nitrogens with one attached hydrogen (secondary N) is 1. The smallest absolute Gasteiger partial charge is 0.309 e. The molecule has 3 heterocycles. The van der Waals surface area contributed by atoms with Gasteiger partial charge in [-0.25, -0.2) is 14.6 Å². The summed E-state index contributed by atoms with van der Waals surface area (Å²) in [5.41, 5.74) is 1.17. The summed E-state index contributed by atoms with van der Waals surface area (Å²) in [5, 5.41) is 22.8. The molecule has 0 aromatic carbocycles. The van der Waals surface area contributed by atoms with Crippen LogP contribution in [0, 0.1) is 11.8 Å². The minimum Gasteiger partial charge on any atom is -0.481 e. The van der Waals surface area contributed by atoms with E-state index < -0.39 is 29.9 Å². The van der Waals surface area contributed by atoms with E-state index >= 15 is 0 Å². The summed E-state index contributed by atoms with van der Waals surface area (Å²) in [4.78, 5) is 21.5. The van der Waals surface area contributed by atoms with Crippen LogP contribution in [0.1, 0.15) is 66.8 Å². The molecular weight excluding hydrogens is 444 g/mol. The Morgan fingerprint density at radius 2 is 2.00 bits per heavy atom. The van der Waals surface area contributed by atoms with Gasteiger partial charge in [0.2, 0.25) is 0 Å². The van der Waals surface area contributed by atoms with Gasteiger partial charge < -0.3 is 19.9 Å². The zero-order valence-electron chi connectivity index (χ0n) is 20.1. The van der Waals surface area contributed by atoms with Crippen molar-refractivity contribution in [2.75, 3.05) is 11.1 Å². The minimum absolute atomic E-state index is 0.205. The van der Waals surface area contributed by atoms with Crippen LogP contribution in [0.25, 0.3) is 11.2 Å².